The van der Waals surface area contributed by atoms with Crippen LogP contribution in [0.4, 0.5) is 0 Å². The Kier molecular flexibility index (Phi) is 21.1. The number of rotatable bonds is 9. The molecule has 20 aliphatic carbocycles. The molecule has 0 aromatic rings. The third-order valence-corrected chi connectivity index (χ3v) is 44.8. The fraction of sp³-hybridized carbons (Fsp3) is 1.00. The molecule has 3 heteroatoms. The lowest BCUT2D eigenvalue weighted by Gasteiger charge is -2.73. The first kappa shape index (κ1) is 73.4. The summed E-state index contributed by atoms with van der Waals surface area (Å²) in [7, 11) is 0. The molecule has 0 amide bonds. The Labute approximate surface area is 661 Å². The van der Waals surface area contributed by atoms with E-state index in [4.69, 9.17) is 0 Å². The van der Waals surface area contributed by atoms with Crippen molar-refractivity contribution >= 4 is 6.71 Å². The Bertz CT molecular complexity index is 2720. The fourth-order valence-electron chi connectivity index (χ4n) is 41.9. The van der Waals surface area contributed by atoms with Crippen LogP contribution in [0.5, 0.6) is 0 Å². The Morgan fingerprint density at radius 1 is 0.196 bits per heavy atom. The molecule has 0 aromatic heterocycles. The summed E-state index contributed by atoms with van der Waals surface area (Å²) in [5.41, 5.74) is 0.460. The van der Waals surface area contributed by atoms with Gasteiger partial charge in [0.1, 0.15) is 0 Å². The van der Waals surface area contributed by atoms with Gasteiger partial charge in [-0.15, -0.1) is 0 Å². The largest absolute Gasteiger partial charge is 0.295 e. The average molecular weight is 1460 g/mol. The number of hydrogen-bond donors (Lipinski definition) is 0. The predicted molar refractivity (Wildman–Crippen MR) is 448 cm³/mol. The molecule has 0 bridgehead atoms. The lowest BCUT2D eigenvalue weighted by molar-refractivity contribution is -0.170. The summed E-state index contributed by atoms with van der Waals surface area (Å²) in [5, 5.41) is 0. The Hall–Kier alpha value is -0.0151. The van der Waals surface area contributed by atoms with Crippen LogP contribution in [0.15, 0.2) is 0 Å². The number of nitrogens with zero attached hydrogens (tertiary/aromatic N) is 2. The van der Waals surface area contributed by atoms with Gasteiger partial charge in [0.2, 0.25) is 0 Å². The first-order valence-electron chi connectivity index (χ1n) is 52.3. The monoisotopic (exact) mass is 1460 g/mol. The molecule has 22 aliphatic rings. The van der Waals surface area contributed by atoms with Crippen molar-refractivity contribution < 1.29 is 0 Å². The van der Waals surface area contributed by atoms with Gasteiger partial charge >= 0.3 is 0 Å². The zero-order chi connectivity index (χ0) is 70.8. The van der Waals surface area contributed by atoms with Crippen LogP contribution < -0.4 is 0 Å². The summed E-state index contributed by atoms with van der Waals surface area (Å²) in [6.07, 6.45) is 97.1. The molecular formula is C104H169BN2. The Balaban J connectivity index is 0.724. The molecule has 22 rings (SSSR count). The topological polar surface area (TPSA) is 6.48 Å². The van der Waals surface area contributed by atoms with Crippen molar-refractivity contribution in [1.82, 2.24) is 9.80 Å². The highest BCUT2D eigenvalue weighted by molar-refractivity contribution is 6.65. The summed E-state index contributed by atoms with van der Waals surface area (Å²) in [6.45, 7) is 9.01. The second-order valence-electron chi connectivity index (χ2n) is 48.6. The van der Waals surface area contributed by atoms with E-state index >= 15 is 0 Å². The maximum Gasteiger partial charge on any atom is 0.156 e. The summed E-state index contributed by atoms with van der Waals surface area (Å²) >= 11 is 0. The quantitative estimate of drug-likeness (QED) is 0.212. The fourth-order valence-corrected chi connectivity index (χ4v) is 41.9. The predicted octanol–water partition coefficient (Wildman–Crippen LogP) is 28.3. The first-order valence-corrected chi connectivity index (χ1v) is 52.3. The molecule has 0 radical (unpaired) electrons. The van der Waals surface area contributed by atoms with E-state index in [1.54, 1.807) is 385 Å². The van der Waals surface area contributed by atoms with Gasteiger partial charge in [-0.2, -0.15) is 0 Å². The molecule has 20 saturated carbocycles. The smallest absolute Gasteiger partial charge is 0.156 e. The van der Waals surface area contributed by atoms with Crippen molar-refractivity contribution in [2.24, 2.45) is 189 Å². The van der Waals surface area contributed by atoms with E-state index in [9.17, 15) is 0 Å². The molecule has 2 saturated heterocycles. The summed E-state index contributed by atoms with van der Waals surface area (Å²) in [6, 6.07) is 5.33. The summed E-state index contributed by atoms with van der Waals surface area (Å²) in [4.78, 5) is 8.08. The Morgan fingerprint density at radius 2 is 0.495 bits per heavy atom. The molecule has 2 heterocycles. The van der Waals surface area contributed by atoms with Gasteiger partial charge in [0.25, 0.3) is 0 Å². The molecular weight excluding hydrogens is 1290 g/mol. The molecule has 107 heavy (non-hydrogen) atoms. The van der Waals surface area contributed by atoms with E-state index in [1.807, 2.05) is 0 Å². The molecule has 598 valence electrons. The first-order chi connectivity index (χ1) is 52.8. The van der Waals surface area contributed by atoms with Gasteiger partial charge in [0.05, 0.1) is 0 Å². The van der Waals surface area contributed by atoms with Gasteiger partial charge in [-0.3, -0.25) is 9.80 Å². The number of hydrogen-bond acceptors (Lipinski definition) is 2. The van der Waals surface area contributed by atoms with Crippen LogP contribution in [-0.2, 0) is 0 Å². The third-order valence-electron chi connectivity index (χ3n) is 44.8. The van der Waals surface area contributed by atoms with Gasteiger partial charge in [-0.1, -0.05) is 252 Å². The van der Waals surface area contributed by atoms with Gasteiger partial charge < -0.3 is 0 Å². The van der Waals surface area contributed by atoms with Crippen LogP contribution in [0.25, 0.3) is 0 Å². The van der Waals surface area contributed by atoms with Crippen molar-refractivity contribution in [3.8, 4) is 0 Å². The molecule has 0 aromatic carbocycles. The number of fused-ring (bicyclic) bond motifs is 8. The normalized spacial score (nSPS) is 53.7. The lowest BCUT2D eigenvalue weighted by Crippen LogP contribution is -2.77. The Morgan fingerprint density at radius 3 is 0.860 bits per heavy atom. The van der Waals surface area contributed by atoms with Gasteiger partial charge in [-0.05, 0) is 360 Å². The van der Waals surface area contributed by atoms with E-state index in [0.29, 0.717) is 5.41 Å². The molecule has 30 unspecified atom stereocenters. The van der Waals surface area contributed by atoms with E-state index in [0.717, 1.165) is 244 Å². The van der Waals surface area contributed by atoms with Crippen LogP contribution in [0.2, 0.25) is 17.5 Å². The van der Waals surface area contributed by atoms with E-state index in [-0.39, 0.29) is 0 Å². The lowest BCUT2D eigenvalue weighted by atomic mass is 9.17. The molecule has 2 nitrogen and oxygen atoms in total. The van der Waals surface area contributed by atoms with Crippen LogP contribution in [-0.4, -0.2) is 52.8 Å². The van der Waals surface area contributed by atoms with Crippen molar-refractivity contribution in [3.05, 3.63) is 0 Å². The van der Waals surface area contributed by atoms with Crippen molar-refractivity contribution in [2.75, 3.05) is 0 Å². The standard InChI is InChI=1S/C104H169BN2/c1-104(2,3)76-54-48-64(49-55-76)75-62-93-101-94(63-75)107(103-81(67-28-12-6-13-29-67)40-23-41-82(103)68-30-14-7-15-31-68)92-59-53-74(78-57-51-72-37-19-45-86-84-43-17-33-70-35-21-47-88(96(70)84)100(78)98(72)86)61-90(92)105(101)89-60-73(77-56-50-71-36-18-44-85-83-42-16-32-69-34-20-46-87(95(69)83)99(77)97(71)85)52-58-91(89)106(93)102-79(65-24-8-4-9-25-65)38-22-39-80(102)66-26-10-5-11-27-66/h64-103H,4-63H2,1-3H3. The maximum absolute atomic E-state index is 4.04. The van der Waals surface area contributed by atoms with Crippen LogP contribution in [0.3, 0.4) is 0 Å². The SMILES string of the molecule is CC(C)(C)C1CCC(C2CC3C4B(C5CC(C6CCC7CCCC8C9CCCC%10CCCC(C%109)C6C78)CCC5N3C3C(C5CCCCC5)CCCC3C3CCCCC3)C3CC(C5CCC6CCCC7C8CCCC9CCCC(C98)C5C67)CCC3N(C3C(C5CCCCC5)CCCC3C3CCCCC3)C4C2)CC1. The minimum absolute atomic E-state index is 0.460. The van der Waals surface area contributed by atoms with Crippen LogP contribution in [0, 0.1) is 189 Å². The molecule has 2 aliphatic heterocycles. The van der Waals surface area contributed by atoms with Crippen LogP contribution in [0.1, 0.15) is 406 Å². The van der Waals surface area contributed by atoms with Crippen molar-refractivity contribution in [1.29, 1.82) is 0 Å². The summed E-state index contributed by atoms with van der Waals surface area (Å²) < 4.78 is 0. The van der Waals surface area contributed by atoms with E-state index in [2.05, 4.69) is 30.6 Å². The highest BCUT2D eigenvalue weighted by atomic mass is 15.3. The second-order valence-corrected chi connectivity index (χ2v) is 48.6. The zero-order valence-electron chi connectivity index (χ0n) is 70.5. The van der Waals surface area contributed by atoms with Gasteiger partial charge in [0, 0.05) is 36.3 Å². The molecule has 0 spiro atoms. The maximum atomic E-state index is 4.04. The molecule has 30 atom stereocenters. The van der Waals surface area contributed by atoms with Gasteiger partial charge in [-0.25, -0.2) is 0 Å². The highest BCUT2D eigenvalue weighted by Gasteiger charge is 2.71. The zero-order valence-corrected chi connectivity index (χ0v) is 70.5. The van der Waals surface area contributed by atoms with Crippen LogP contribution >= 0.6 is 0 Å². The molecule has 22 fully saturated rings. The van der Waals surface area contributed by atoms with E-state index < -0.39 is 0 Å². The molecule has 0 N–H and O–H groups in total. The van der Waals surface area contributed by atoms with Crippen molar-refractivity contribution in [3.63, 3.8) is 0 Å². The second kappa shape index (κ2) is 30.7. The third kappa shape index (κ3) is 12.7. The van der Waals surface area contributed by atoms with Crippen molar-refractivity contribution in [2.45, 2.75) is 460 Å². The van der Waals surface area contributed by atoms with Gasteiger partial charge in [0.15, 0.2) is 6.71 Å². The minimum atomic E-state index is 0.460. The van der Waals surface area contributed by atoms with E-state index in [1.165, 1.54) is 0 Å². The highest BCUT2D eigenvalue weighted by Crippen LogP contribution is 2.74. The summed E-state index contributed by atoms with van der Waals surface area (Å²) in [5.74, 6) is 36.0. The average Bonchev–Trinajstić information content (AvgIpc) is 0.688. The minimum Gasteiger partial charge on any atom is -0.295 e.